The summed E-state index contributed by atoms with van der Waals surface area (Å²) in [5.41, 5.74) is -0.788. The average Bonchev–Trinajstić information content (AvgIpc) is 3.09. The van der Waals surface area contributed by atoms with Gasteiger partial charge < -0.3 is 14.2 Å². The van der Waals surface area contributed by atoms with Gasteiger partial charge in [0.25, 0.3) is 0 Å². The highest BCUT2D eigenvalue weighted by Gasteiger charge is 2.35. The molecule has 3 rings (SSSR count). The van der Waals surface area contributed by atoms with Gasteiger partial charge in [0.1, 0.15) is 12.2 Å². The van der Waals surface area contributed by atoms with Gasteiger partial charge in [-0.2, -0.15) is 4.98 Å². The third kappa shape index (κ3) is 3.76. The molecule has 1 fully saturated rings. The fourth-order valence-corrected chi connectivity index (χ4v) is 3.01. The van der Waals surface area contributed by atoms with Gasteiger partial charge in [0.05, 0.1) is 12.1 Å². The van der Waals surface area contributed by atoms with Crippen molar-refractivity contribution >= 4 is 0 Å². The summed E-state index contributed by atoms with van der Waals surface area (Å²) in [6.07, 6.45) is 3.86. The van der Waals surface area contributed by atoms with E-state index in [1.165, 1.54) is 0 Å². The number of likely N-dealkylation sites (tertiary alicyclic amines) is 1. The lowest BCUT2D eigenvalue weighted by Gasteiger charge is -2.38. The molecule has 1 aliphatic rings. The van der Waals surface area contributed by atoms with E-state index in [2.05, 4.69) is 25.2 Å². The molecule has 8 heteroatoms. The van der Waals surface area contributed by atoms with Crippen molar-refractivity contribution < 1.29 is 9.63 Å². The lowest BCUT2D eigenvalue weighted by molar-refractivity contribution is -0.0352. The second-order valence-corrected chi connectivity index (χ2v) is 6.78. The summed E-state index contributed by atoms with van der Waals surface area (Å²) < 4.78 is 7.10. The van der Waals surface area contributed by atoms with E-state index in [-0.39, 0.29) is 5.92 Å². The minimum absolute atomic E-state index is 0.227. The van der Waals surface area contributed by atoms with E-state index < -0.39 is 5.60 Å². The summed E-state index contributed by atoms with van der Waals surface area (Å²) in [5.74, 6) is 2.37. The minimum Gasteiger partial charge on any atom is -0.388 e. The highest BCUT2D eigenvalue weighted by atomic mass is 16.5. The number of nitrogens with zero attached hydrogens (tertiary/aromatic N) is 6. The van der Waals surface area contributed by atoms with Crippen molar-refractivity contribution in [2.24, 2.45) is 7.05 Å². The average molecular weight is 320 g/mol. The maximum atomic E-state index is 10.9. The molecule has 126 valence electrons. The van der Waals surface area contributed by atoms with Crippen LogP contribution in [0.25, 0.3) is 0 Å². The van der Waals surface area contributed by atoms with Crippen LogP contribution in [0.2, 0.25) is 0 Å². The Bertz CT molecular complexity index is 652. The lowest BCUT2D eigenvalue weighted by atomic mass is 9.89. The topological polar surface area (TPSA) is 93.1 Å². The number of β-amino-alcohol motifs (C(OH)–C–C–N with tert-alkyl or cyclic N) is 1. The Balaban J connectivity index is 1.64. The fourth-order valence-electron chi connectivity index (χ4n) is 3.01. The van der Waals surface area contributed by atoms with Gasteiger partial charge in [-0.1, -0.05) is 19.0 Å². The van der Waals surface area contributed by atoms with Crippen LogP contribution in [-0.4, -0.2) is 53.6 Å². The first kappa shape index (κ1) is 16.1. The largest absolute Gasteiger partial charge is 0.388 e. The number of hydrogen-bond donors (Lipinski definition) is 1. The van der Waals surface area contributed by atoms with Crippen molar-refractivity contribution in [2.75, 3.05) is 13.1 Å². The van der Waals surface area contributed by atoms with E-state index in [0.717, 1.165) is 25.2 Å². The molecule has 2 aromatic rings. The Morgan fingerprint density at radius 1 is 1.43 bits per heavy atom. The quantitative estimate of drug-likeness (QED) is 0.874. The second kappa shape index (κ2) is 6.37. The first-order valence-corrected chi connectivity index (χ1v) is 8.05. The van der Waals surface area contributed by atoms with E-state index >= 15 is 0 Å². The van der Waals surface area contributed by atoms with Crippen LogP contribution in [-0.2, 0) is 20.0 Å². The van der Waals surface area contributed by atoms with E-state index in [9.17, 15) is 5.11 Å². The monoisotopic (exact) mass is 320 g/mol. The first-order valence-electron chi connectivity index (χ1n) is 8.05. The molecule has 0 spiro atoms. The number of rotatable bonds is 5. The smallest absolute Gasteiger partial charge is 0.229 e. The molecule has 1 aliphatic heterocycles. The van der Waals surface area contributed by atoms with Gasteiger partial charge in [0, 0.05) is 25.9 Å². The van der Waals surface area contributed by atoms with E-state index in [1.807, 2.05) is 25.5 Å². The number of aromatic nitrogens is 5. The van der Waals surface area contributed by atoms with Crippen LogP contribution in [0.5, 0.6) is 0 Å². The number of piperidine rings is 1. The highest BCUT2D eigenvalue weighted by Crippen LogP contribution is 2.25. The maximum absolute atomic E-state index is 10.9. The minimum atomic E-state index is -0.788. The first-order chi connectivity index (χ1) is 11.0. The van der Waals surface area contributed by atoms with Gasteiger partial charge in [0.15, 0.2) is 5.82 Å². The molecule has 0 saturated carbocycles. The summed E-state index contributed by atoms with van der Waals surface area (Å²) >= 11 is 0. The standard InChI is InChI=1S/C15H24N6O2/c1-11(2)14-17-12(19-23-14)8-21-6-4-5-15(22,9-21)7-13-18-16-10-20(13)3/h10-11,22H,4-9H2,1-3H3. The van der Waals surface area contributed by atoms with Gasteiger partial charge >= 0.3 is 0 Å². The van der Waals surface area contributed by atoms with Crippen molar-refractivity contribution in [1.29, 1.82) is 0 Å². The van der Waals surface area contributed by atoms with Crippen LogP contribution in [0, 0.1) is 0 Å². The molecule has 23 heavy (non-hydrogen) atoms. The van der Waals surface area contributed by atoms with Crippen molar-refractivity contribution in [2.45, 2.75) is 51.2 Å². The molecular formula is C15H24N6O2. The number of aryl methyl sites for hydroxylation is 1. The second-order valence-electron chi connectivity index (χ2n) is 6.78. The molecule has 0 aromatic carbocycles. The summed E-state index contributed by atoms with van der Waals surface area (Å²) in [6, 6.07) is 0. The van der Waals surface area contributed by atoms with Gasteiger partial charge in [0.2, 0.25) is 5.89 Å². The molecule has 8 nitrogen and oxygen atoms in total. The number of aliphatic hydroxyl groups is 1. The molecule has 0 aliphatic carbocycles. The van der Waals surface area contributed by atoms with E-state index in [4.69, 9.17) is 4.52 Å². The predicted molar refractivity (Wildman–Crippen MR) is 82.6 cm³/mol. The third-order valence-electron chi connectivity index (χ3n) is 4.27. The summed E-state index contributed by atoms with van der Waals surface area (Å²) in [6.45, 7) is 6.14. The SMILES string of the molecule is CC(C)c1nc(CN2CCCC(O)(Cc3nncn3C)C2)no1. The van der Waals surface area contributed by atoms with Gasteiger partial charge in [-0.15, -0.1) is 10.2 Å². The Labute approximate surface area is 135 Å². The van der Waals surface area contributed by atoms with Crippen molar-refractivity contribution in [3.8, 4) is 0 Å². The summed E-state index contributed by atoms with van der Waals surface area (Å²) in [7, 11) is 1.89. The Morgan fingerprint density at radius 3 is 2.91 bits per heavy atom. The normalized spacial score (nSPS) is 22.8. The Hall–Kier alpha value is -1.80. The van der Waals surface area contributed by atoms with Crippen LogP contribution in [0.15, 0.2) is 10.9 Å². The maximum Gasteiger partial charge on any atom is 0.229 e. The van der Waals surface area contributed by atoms with Gasteiger partial charge in [-0.05, 0) is 19.4 Å². The van der Waals surface area contributed by atoms with Crippen LogP contribution in [0.4, 0.5) is 0 Å². The predicted octanol–water partition coefficient (Wildman–Crippen LogP) is 0.891. The van der Waals surface area contributed by atoms with Gasteiger partial charge in [-0.3, -0.25) is 4.90 Å². The third-order valence-corrected chi connectivity index (χ3v) is 4.27. The molecule has 0 amide bonds. The lowest BCUT2D eigenvalue weighted by Crippen LogP contribution is -2.49. The zero-order valence-electron chi connectivity index (χ0n) is 13.9. The fraction of sp³-hybridized carbons (Fsp3) is 0.733. The molecule has 0 radical (unpaired) electrons. The number of hydrogen-bond acceptors (Lipinski definition) is 7. The Kier molecular flexibility index (Phi) is 4.45. The molecule has 1 saturated heterocycles. The van der Waals surface area contributed by atoms with Crippen molar-refractivity contribution in [1.82, 2.24) is 29.8 Å². The molecular weight excluding hydrogens is 296 g/mol. The van der Waals surface area contributed by atoms with Crippen LogP contribution in [0.3, 0.4) is 0 Å². The molecule has 1 atom stereocenters. The van der Waals surface area contributed by atoms with E-state index in [0.29, 0.717) is 31.2 Å². The van der Waals surface area contributed by atoms with Crippen molar-refractivity contribution in [3.05, 3.63) is 23.9 Å². The summed E-state index contributed by atoms with van der Waals surface area (Å²) in [5, 5.41) is 22.9. The molecule has 1 N–H and O–H groups in total. The Morgan fingerprint density at radius 2 is 2.26 bits per heavy atom. The van der Waals surface area contributed by atoms with Crippen molar-refractivity contribution in [3.63, 3.8) is 0 Å². The summed E-state index contributed by atoms with van der Waals surface area (Å²) in [4.78, 5) is 6.59. The molecule has 1 unspecified atom stereocenters. The van der Waals surface area contributed by atoms with Crippen LogP contribution < -0.4 is 0 Å². The van der Waals surface area contributed by atoms with Gasteiger partial charge in [-0.25, -0.2) is 0 Å². The van der Waals surface area contributed by atoms with Crippen LogP contribution in [0.1, 0.15) is 50.1 Å². The zero-order chi connectivity index (χ0) is 16.4. The molecule has 3 heterocycles. The molecule has 2 aromatic heterocycles. The van der Waals surface area contributed by atoms with Crippen LogP contribution >= 0.6 is 0 Å². The van der Waals surface area contributed by atoms with E-state index in [1.54, 1.807) is 6.33 Å². The molecule has 0 bridgehead atoms. The highest BCUT2D eigenvalue weighted by molar-refractivity contribution is 4.99. The zero-order valence-corrected chi connectivity index (χ0v) is 13.9.